The molecule has 0 saturated carbocycles. The Kier molecular flexibility index (Phi) is 4.97. The van der Waals surface area contributed by atoms with Gasteiger partial charge in [-0.1, -0.05) is 23.7 Å². The van der Waals surface area contributed by atoms with Crippen LogP contribution in [0.15, 0.2) is 42.5 Å². The molecule has 7 heteroatoms. The van der Waals surface area contributed by atoms with Crippen molar-refractivity contribution in [1.82, 2.24) is 10.2 Å². The molecule has 26 heavy (non-hydrogen) atoms. The molecule has 0 aliphatic carbocycles. The first-order chi connectivity index (χ1) is 12.7. The van der Waals surface area contributed by atoms with Gasteiger partial charge >= 0.3 is 0 Å². The second-order valence-electron chi connectivity index (χ2n) is 6.36. The first kappa shape index (κ1) is 17.1. The van der Waals surface area contributed by atoms with E-state index in [1.807, 2.05) is 30.3 Å². The van der Waals surface area contributed by atoms with E-state index in [-0.39, 0.29) is 18.7 Å². The Hall–Kier alpha value is -2.28. The second-order valence-corrected chi connectivity index (χ2v) is 6.80. The summed E-state index contributed by atoms with van der Waals surface area (Å²) in [4.78, 5) is 14.7. The van der Waals surface area contributed by atoms with Gasteiger partial charge in [0.25, 0.3) is 0 Å². The monoisotopic (exact) mass is 373 g/mol. The molecule has 2 heterocycles. The summed E-state index contributed by atoms with van der Waals surface area (Å²) in [5.41, 5.74) is 1.81. The van der Waals surface area contributed by atoms with Crippen molar-refractivity contribution in [2.45, 2.75) is 6.04 Å². The number of carbonyl (C=O) groups excluding carboxylic acids is 1. The Morgan fingerprint density at radius 2 is 2.12 bits per heavy atom. The van der Waals surface area contributed by atoms with Crippen LogP contribution in [0.2, 0.25) is 5.02 Å². The summed E-state index contributed by atoms with van der Waals surface area (Å²) in [5, 5.41) is 7.03. The van der Waals surface area contributed by atoms with Crippen molar-refractivity contribution in [3.8, 4) is 11.5 Å². The number of rotatable bonds is 4. The van der Waals surface area contributed by atoms with E-state index in [0.29, 0.717) is 28.8 Å². The zero-order chi connectivity index (χ0) is 17.9. The number of hydrogen-bond acceptors (Lipinski definition) is 5. The standard InChI is InChI=1S/C19H20ClN3O3/c20-14-3-1-2-13(8-14)16-10-21-6-7-23(16)11-19(24)22-15-4-5-17-18(9-15)26-12-25-17/h1-5,8-9,16,21H,6-7,10-12H2,(H,22,24). The average Bonchev–Trinajstić information content (AvgIpc) is 3.10. The summed E-state index contributed by atoms with van der Waals surface area (Å²) in [7, 11) is 0. The molecule has 136 valence electrons. The Balaban J connectivity index is 1.43. The van der Waals surface area contributed by atoms with Crippen LogP contribution in [0.4, 0.5) is 5.69 Å². The van der Waals surface area contributed by atoms with Crippen molar-refractivity contribution >= 4 is 23.2 Å². The number of ether oxygens (including phenoxy) is 2. The molecule has 1 unspecified atom stereocenters. The number of nitrogens with zero attached hydrogens (tertiary/aromatic N) is 1. The Bertz CT molecular complexity index is 814. The maximum absolute atomic E-state index is 12.6. The SMILES string of the molecule is O=C(CN1CCNCC1c1cccc(Cl)c1)Nc1ccc2c(c1)OCO2. The van der Waals surface area contributed by atoms with Crippen LogP contribution in [0.25, 0.3) is 0 Å². The maximum atomic E-state index is 12.6. The van der Waals surface area contributed by atoms with E-state index in [0.717, 1.165) is 25.2 Å². The van der Waals surface area contributed by atoms with Crippen LogP contribution in [-0.4, -0.2) is 43.8 Å². The van der Waals surface area contributed by atoms with Crippen LogP contribution in [0.1, 0.15) is 11.6 Å². The van der Waals surface area contributed by atoms with Gasteiger partial charge in [0.15, 0.2) is 11.5 Å². The molecular weight excluding hydrogens is 354 g/mol. The minimum Gasteiger partial charge on any atom is -0.454 e. The highest BCUT2D eigenvalue weighted by atomic mass is 35.5. The van der Waals surface area contributed by atoms with Crippen LogP contribution >= 0.6 is 11.6 Å². The van der Waals surface area contributed by atoms with Crippen molar-refractivity contribution in [2.24, 2.45) is 0 Å². The molecule has 0 spiro atoms. The lowest BCUT2D eigenvalue weighted by molar-refractivity contribution is -0.118. The van der Waals surface area contributed by atoms with Gasteiger partial charge in [-0.3, -0.25) is 9.69 Å². The third-order valence-electron chi connectivity index (χ3n) is 4.59. The van der Waals surface area contributed by atoms with Gasteiger partial charge in [0.2, 0.25) is 12.7 Å². The highest BCUT2D eigenvalue weighted by Crippen LogP contribution is 2.34. The van der Waals surface area contributed by atoms with Crippen molar-refractivity contribution in [3.63, 3.8) is 0 Å². The number of halogens is 1. The Morgan fingerprint density at radius 3 is 3.00 bits per heavy atom. The van der Waals surface area contributed by atoms with Gasteiger partial charge in [0.1, 0.15) is 0 Å². The average molecular weight is 374 g/mol. The summed E-state index contributed by atoms with van der Waals surface area (Å²) in [6, 6.07) is 13.3. The lowest BCUT2D eigenvalue weighted by Crippen LogP contribution is -2.48. The summed E-state index contributed by atoms with van der Waals surface area (Å²) in [5.74, 6) is 1.30. The minimum absolute atomic E-state index is 0.0576. The van der Waals surface area contributed by atoms with E-state index in [4.69, 9.17) is 21.1 Å². The molecule has 2 aromatic rings. The predicted molar refractivity (Wildman–Crippen MR) is 99.8 cm³/mol. The molecule has 1 fully saturated rings. The summed E-state index contributed by atoms with van der Waals surface area (Å²) in [6.07, 6.45) is 0. The number of carbonyl (C=O) groups is 1. The third kappa shape index (κ3) is 3.77. The molecule has 2 aromatic carbocycles. The number of hydrogen-bond donors (Lipinski definition) is 2. The van der Waals surface area contributed by atoms with Crippen LogP contribution in [0.5, 0.6) is 11.5 Å². The van der Waals surface area contributed by atoms with E-state index in [2.05, 4.69) is 15.5 Å². The molecule has 2 N–H and O–H groups in total. The van der Waals surface area contributed by atoms with Gasteiger partial charge in [-0.05, 0) is 29.8 Å². The van der Waals surface area contributed by atoms with Gasteiger partial charge in [0.05, 0.1) is 6.54 Å². The zero-order valence-corrected chi connectivity index (χ0v) is 15.0. The molecular formula is C19H20ClN3O3. The fourth-order valence-corrected chi connectivity index (χ4v) is 3.54. The van der Waals surface area contributed by atoms with E-state index in [1.165, 1.54) is 0 Å². The highest BCUT2D eigenvalue weighted by molar-refractivity contribution is 6.30. The lowest BCUT2D eigenvalue weighted by atomic mass is 10.0. The molecule has 0 radical (unpaired) electrons. The Labute approximate surface area is 157 Å². The van der Waals surface area contributed by atoms with Crippen LogP contribution in [0.3, 0.4) is 0 Å². The molecule has 1 saturated heterocycles. The number of fused-ring (bicyclic) bond motifs is 1. The van der Waals surface area contributed by atoms with E-state index < -0.39 is 0 Å². The number of nitrogens with one attached hydrogen (secondary N) is 2. The second kappa shape index (κ2) is 7.53. The van der Waals surface area contributed by atoms with Gasteiger partial charge in [-0.15, -0.1) is 0 Å². The predicted octanol–water partition coefficient (Wildman–Crippen LogP) is 2.65. The minimum atomic E-state index is -0.0576. The number of amides is 1. The summed E-state index contributed by atoms with van der Waals surface area (Å²) >= 11 is 6.13. The molecule has 2 aliphatic heterocycles. The normalized spacial score (nSPS) is 19.3. The molecule has 1 amide bonds. The highest BCUT2D eigenvalue weighted by Gasteiger charge is 2.26. The number of piperazine rings is 1. The summed E-state index contributed by atoms with van der Waals surface area (Å²) < 4.78 is 10.6. The first-order valence-corrected chi connectivity index (χ1v) is 8.96. The number of benzene rings is 2. The lowest BCUT2D eigenvalue weighted by Gasteiger charge is -2.36. The quantitative estimate of drug-likeness (QED) is 0.862. The van der Waals surface area contributed by atoms with Gasteiger partial charge in [0, 0.05) is 42.5 Å². The van der Waals surface area contributed by atoms with Crippen molar-refractivity contribution in [2.75, 3.05) is 38.3 Å². The molecule has 1 atom stereocenters. The largest absolute Gasteiger partial charge is 0.454 e. The smallest absolute Gasteiger partial charge is 0.238 e. The van der Waals surface area contributed by atoms with E-state index >= 15 is 0 Å². The molecule has 0 bridgehead atoms. The topological polar surface area (TPSA) is 62.8 Å². The summed E-state index contributed by atoms with van der Waals surface area (Å²) in [6.45, 7) is 2.97. The Morgan fingerprint density at radius 1 is 1.23 bits per heavy atom. The fourth-order valence-electron chi connectivity index (χ4n) is 3.34. The number of anilines is 1. The van der Waals surface area contributed by atoms with Crippen molar-refractivity contribution in [1.29, 1.82) is 0 Å². The van der Waals surface area contributed by atoms with Gasteiger partial charge < -0.3 is 20.1 Å². The maximum Gasteiger partial charge on any atom is 0.238 e. The molecule has 4 rings (SSSR count). The molecule has 6 nitrogen and oxygen atoms in total. The van der Waals surface area contributed by atoms with Crippen molar-refractivity contribution < 1.29 is 14.3 Å². The van der Waals surface area contributed by atoms with Crippen molar-refractivity contribution in [3.05, 3.63) is 53.1 Å². The third-order valence-corrected chi connectivity index (χ3v) is 4.83. The molecule has 2 aliphatic rings. The van der Waals surface area contributed by atoms with Crippen LogP contribution in [-0.2, 0) is 4.79 Å². The van der Waals surface area contributed by atoms with Gasteiger partial charge in [-0.25, -0.2) is 0 Å². The fraction of sp³-hybridized carbons (Fsp3) is 0.316. The van der Waals surface area contributed by atoms with Crippen LogP contribution in [0, 0.1) is 0 Å². The first-order valence-electron chi connectivity index (χ1n) is 8.59. The molecule has 0 aromatic heterocycles. The van der Waals surface area contributed by atoms with Crippen LogP contribution < -0.4 is 20.1 Å². The van der Waals surface area contributed by atoms with E-state index in [9.17, 15) is 4.79 Å². The zero-order valence-electron chi connectivity index (χ0n) is 14.2. The van der Waals surface area contributed by atoms with E-state index in [1.54, 1.807) is 12.1 Å². The van der Waals surface area contributed by atoms with Gasteiger partial charge in [-0.2, -0.15) is 0 Å².